The van der Waals surface area contributed by atoms with Gasteiger partial charge in [0.25, 0.3) is 0 Å². The third-order valence-corrected chi connectivity index (χ3v) is 4.06. The largest absolute Gasteiger partial charge is 0.467 e. The van der Waals surface area contributed by atoms with Crippen molar-refractivity contribution in [3.8, 4) is 23.7 Å². The Labute approximate surface area is 148 Å². The van der Waals surface area contributed by atoms with Crippen LogP contribution in [0.15, 0.2) is 24.3 Å². The molecule has 1 aliphatic carbocycles. The van der Waals surface area contributed by atoms with Crippen LogP contribution in [0.2, 0.25) is 0 Å². The highest BCUT2D eigenvalue weighted by Crippen LogP contribution is 2.36. The number of carbonyl (C=O) groups is 1. The molecule has 3 atom stereocenters. The van der Waals surface area contributed by atoms with Gasteiger partial charge >= 0.3 is 5.97 Å². The van der Waals surface area contributed by atoms with Gasteiger partial charge < -0.3 is 20.9 Å². The number of nitrogens with two attached hydrogens (primary N) is 1. The Kier molecular flexibility index (Phi) is 6.09. The van der Waals surface area contributed by atoms with E-state index in [4.69, 9.17) is 15.6 Å². The lowest BCUT2D eigenvalue weighted by Crippen LogP contribution is -2.54. The summed E-state index contributed by atoms with van der Waals surface area (Å²) in [6, 6.07) is 6.72. The van der Waals surface area contributed by atoms with Crippen LogP contribution in [0.25, 0.3) is 0 Å². The molecule has 0 aliphatic heterocycles. The minimum atomic E-state index is -0.767. The molecule has 1 saturated carbocycles. The lowest BCUT2D eigenvalue weighted by Gasteiger charge is -2.29. The summed E-state index contributed by atoms with van der Waals surface area (Å²) in [5.41, 5.74) is 6.87. The van der Waals surface area contributed by atoms with Crippen molar-refractivity contribution in [1.82, 2.24) is 0 Å². The first-order chi connectivity index (χ1) is 11.8. The van der Waals surface area contributed by atoms with Gasteiger partial charge in [-0.05, 0) is 62.3 Å². The third kappa shape index (κ3) is 5.53. The van der Waals surface area contributed by atoms with Crippen LogP contribution >= 0.6 is 0 Å². The predicted octanol–water partition coefficient (Wildman–Crippen LogP) is 1.36. The quantitative estimate of drug-likeness (QED) is 0.557. The molecule has 0 saturated heterocycles. The van der Waals surface area contributed by atoms with Crippen molar-refractivity contribution in [2.75, 3.05) is 19.0 Å². The molecule has 0 radical (unpaired) electrons. The summed E-state index contributed by atoms with van der Waals surface area (Å²) in [7, 11) is 1.34. The maximum absolute atomic E-state index is 11.9. The molecule has 1 fully saturated rings. The summed E-state index contributed by atoms with van der Waals surface area (Å²) >= 11 is 0. The fourth-order valence-electron chi connectivity index (χ4n) is 2.34. The topological polar surface area (TPSA) is 84.6 Å². The number of carbonyl (C=O) groups excluding carboxylic acids is 1. The molecule has 2 rings (SSSR count). The van der Waals surface area contributed by atoms with Gasteiger partial charge in [-0.2, -0.15) is 0 Å². The number of methoxy groups -OCH3 is 1. The molecule has 25 heavy (non-hydrogen) atoms. The molecular weight excluding hydrogens is 316 g/mol. The van der Waals surface area contributed by atoms with Crippen molar-refractivity contribution in [2.45, 2.75) is 31.8 Å². The minimum Gasteiger partial charge on any atom is -0.467 e. The van der Waals surface area contributed by atoms with Crippen LogP contribution in [0.1, 0.15) is 25.8 Å². The van der Waals surface area contributed by atoms with Gasteiger partial charge in [0.2, 0.25) is 0 Å². The number of benzene rings is 1. The summed E-state index contributed by atoms with van der Waals surface area (Å²) in [6.07, 6.45) is 0.963. The number of rotatable bonds is 5. The van der Waals surface area contributed by atoms with E-state index in [1.54, 1.807) is 13.8 Å². The maximum atomic E-state index is 11.9. The van der Waals surface area contributed by atoms with Crippen LogP contribution < -0.4 is 11.1 Å². The van der Waals surface area contributed by atoms with Gasteiger partial charge in [-0.1, -0.05) is 11.8 Å². The van der Waals surface area contributed by atoms with E-state index in [1.165, 1.54) is 7.11 Å². The molecule has 1 aromatic rings. The average molecular weight is 340 g/mol. The molecular formula is C20H24N2O3. The number of nitrogens with one attached hydrogen (secondary N) is 1. The standard InChI is InChI=1S/C20H24N2O3/c1-20(2,21)18(19(24)25-3)22-17-10-8-14(9-11-17)6-4-5-7-15-12-16(15)13-23/h8-11,15-16,18,22-23H,12-13,21H2,1-3H3/t15-,16+,18?/m1/s1. The predicted molar refractivity (Wildman–Crippen MR) is 97.5 cm³/mol. The highest BCUT2D eigenvalue weighted by Gasteiger charge is 2.34. The number of anilines is 1. The number of aliphatic hydroxyl groups is 1. The van der Waals surface area contributed by atoms with Gasteiger partial charge in [0.1, 0.15) is 6.04 Å². The van der Waals surface area contributed by atoms with Gasteiger partial charge in [-0.3, -0.25) is 0 Å². The smallest absolute Gasteiger partial charge is 0.330 e. The van der Waals surface area contributed by atoms with E-state index in [2.05, 4.69) is 29.0 Å². The summed E-state index contributed by atoms with van der Waals surface area (Å²) in [6.45, 7) is 3.73. The number of hydrogen-bond donors (Lipinski definition) is 3. The van der Waals surface area contributed by atoms with E-state index in [-0.39, 0.29) is 6.61 Å². The second-order valence-corrected chi connectivity index (χ2v) is 6.80. The van der Waals surface area contributed by atoms with Crippen LogP contribution in [0.5, 0.6) is 0 Å². The number of esters is 1. The van der Waals surface area contributed by atoms with E-state index < -0.39 is 17.6 Å². The lowest BCUT2D eigenvalue weighted by atomic mass is 9.95. The van der Waals surface area contributed by atoms with Gasteiger partial charge in [0.05, 0.1) is 7.11 Å². The fourth-order valence-corrected chi connectivity index (χ4v) is 2.34. The second-order valence-electron chi connectivity index (χ2n) is 6.80. The lowest BCUT2D eigenvalue weighted by molar-refractivity contribution is -0.142. The van der Waals surface area contributed by atoms with Crippen LogP contribution in [-0.2, 0) is 9.53 Å². The van der Waals surface area contributed by atoms with E-state index in [1.807, 2.05) is 24.3 Å². The van der Waals surface area contributed by atoms with E-state index in [9.17, 15) is 4.79 Å². The third-order valence-electron chi connectivity index (χ3n) is 4.06. The Hall–Kier alpha value is -2.47. The summed E-state index contributed by atoms with van der Waals surface area (Å²) in [5, 5.41) is 12.1. The van der Waals surface area contributed by atoms with E-state index >= 15 is 0 Å². The van der Waals surface area contributed by atoms with Crippen molar-refractivity contribution in [3.05, 3.63) is 29.8 Å². The molecule has 1 unspecified atom stereocenters. The minimum absolute atomic E-state index is 0.202. The Morgan fingerprint density at radius 1 is 1.40 bits per heavy atom. The maximum Gasteiger partial charge on any atom is 0.330 e. The summed E-state index contributed by atoms with van der Waals surface area (Å²) in [5.74, 6) is 11.9. The Bertz CT molecular complexity index is 727. The van der Waals surface area contributed by atoms with Crippen LogP contribution in [0, 0.1) is 35.5 Å². The molecule has 5 nitrogen and oxygen atoms in total. The zero-order valence-corrected chi connectivity index (χ0v) is 14.8. The molecule has 132 valence electrons. The zero-order chi connectivity index (χ0) is 18.4. The van der Waals surface area contributed by atoms with Crippen LogP contribution in [-0.4, -0.2) is 36.4 Å². The summed E-state index contributed by atoms with van der Waals surface area (Å²) < 4.78 is 4.81. The van der Waals surface area contributed by atoms with Gasteiger partial charge in [-0.15, -0.1) is 0 Å². The normalized spacial score (nSPS) is 19.6. The highest BCUT2D eigenvalue weighted by atomic mass is 16.5. The van der Waals surface area contributed by atoms with E-state index in [0.717, 1.165) is 17.7 Å². The first-order valence-corrected chi connectivity index (χ1v) is 8.21. The molecule has 1 aromatic carbocycles. The highest BCUT2D eigenvalue weighted by molar-refractivity contribution is 5.81. The second kappa shape index (κ2) is 8.07. The van der Waals surface area contributed by atoms with Crippen molar-refractivity contribution < 1.29 is 14.6 Å². The van der Waals surface area contributed by atoms with E-state index in [0.29, 0.717) is 11.8 Å². The average Bonchev–Trinajstić information content (AvgIpc) is 3.34. The summed E-state index contributed by atoms with van der Waals surface area (Å²) in [4.78, 5) is 11.9. The van der Waals surface area contributed by atoms with Gasteiger partial charge in [0.15, 0.2) is 0 Å². The number of ether oxygens (including phenoxy) is 1. The Morgan fingerprint density at radius 3 is 2.60 bits per heavy atom. The van der Waals surface area contributed by atoms with Gasteiger partial charge in [0, 0.05) is 29.3 Å². The van der Waals surface area contributed by atoms with Crippen molar-refractivity contribution in [1.29, 1.82) is 0 Å². The first kappa shape index (κ1) is 18.9. The van der Waals surface area contributed by atoms with Crippen molar-refractivity contribution >= 4 is 11.7 Å². The van der Waals surface area contributed by atoms with Gasteiger partial charge in [-0.25, -0.2) is 4.79 Å². The van der Waals surface area contributed by atoms with Crippen LogP contribution in [0.4, 0.5) is 5.69 Å². The van der Waals surface area contributed by atoms with Crippen LogP contribution in [0.3, 0.4) is 0 Å². The molecule has 0 heterocycles. The molecule has 0 aromatic heterocycles. The SMILES string of the molecule is COC(=O)C(Nc1ccc(C#CC#C[C@@H]2C[C@H]2CO)cc1)C(C)(C)N. The molecule has 1 aliphatic rings. The monoisotopic (exact) mass is 340 g/mol. The molecule has 0 amide bonds. The number of aliphatic hydroxyl groups excluding tert-OH is 1. The first-order valence-electron chi connectivity index (χ1n) is 8.21. The molecule has 5 heteroatoms. The van der Waals surface area contributed by atoms with Crippen molar-refractivity contribution in [3.63, 3.8) is 0 Å². The Morgan fingerprint density at radius 2 is 2.08 bits per heavy atom. The zero-order valence-electron chi connectivity index (χ0n) is 14.8. The van der Waals surface area contributed by atoms with Crippen molar-refractivity contribution in [2.24, 2.45) is 17.6 Å². The molecule has 0 spiro atoms. The fraction of sp³-hybridized carbons (Fsp3) is 0.450. The molecule has 4 N–H and O–H groups in total. The molecule has 0 bridgehead atoms. The number of hydrogen-bond acceptors (Lipinski definition) is 5. The Balaban J connectivity index is 1.99.